The van der Waals surface area contributed by atoms with E-state index in [0.717, 1.165) is 12.0 Å². The zero-order valence-electron chi connectivity index (χ0n) is 13.2. The molecule has 0 amide bonds. The van der Waals surface area contributed by atoms with Gasteiger partial charge in [-0.25, -0.2) is 0 Å². The van der Waals surface area contributed by atoms with Gasteiger partial charge in [-0.05, 0) is 48.1 Å². The summed E-state index contributed by atoms with van der Waals surface area (Å²) in [5.41, 5.74) is 7.67. The third-order valence-corrected chi connectivity index (χ3v) is 4.30. The van der Waals surface area contributed by atoms with Gasteiger partial charge < -0.3 is 4.42 Å². The minimum Gasteiger partial charge on any atom is -0.464 e. The summed E-state index contributed by atoms with van der Waals surface area (Å²) in [5.74, 6) is 0.581. The highest BCUT2D eigenvalue weighted by atomic mass is 16.3. The molecule has 0 N–H and O–H groups in total. The predicted octanol–water partition coefficient (Wildman–Crippen LogP) is 5.76. The maximum atomic E-state index is 5.74. The van der Waals surface area contributed by atoms with Crippen molar-refractivity contribution < 1.29 is 4.42 Å². The van der Waals surface area contributed by atoms with Gasteiger partial charge in [-0.2, -0.15) is 0 Å². The normalized spacial score (nSPS) is 11.5. The van der Waals surface area contributed by atoms with Gasteiger partial charge in [-0.1, -0.05) is 44.2 Å². The lowest BCUT2D eigenvalue weighted by Crippen LogP contribution is -1.95. The first-order valence-electron chi connectivity index (χ1n) is 7.61. The molecule has 1 heteroatoms. The molecule has 0 unspecified atom stereocenters. The third-order valence-electron chi connectivity index (χ3n) is 4.30. The summed E-state index contributed by atoms with van der Waals surface area (Å²) in [5, 5.41) is 1.23. The van der Waals surface area contributed by atoms with Crippen molar-refractivity contribution in [2.75, 3.05) is 0 Å². The Morgan fingerprint density at radius 3 is 2.33 bits per heavy atom. The fraction of sp³-hybridized carbons (Fsp3) is 0.300. The van der Waals surface area contributed by atoms with Crippen LogP contribution in [0.1, 0.15) is 47.6 Å². The molecule has 0 aliphatic carbocycles. The van der Waals surface area contributed by atoms with Crippen molar-refractivity contribution in [2.24, 2.45) is 0 Å². The molecule has 1 heterocycles. The first-order chi connectivity index (χ1) is 10.1. The zero-order chi connectivity index (χ0) is 15.0. The van der Waals surface area contributed by atoms with Crippen LogP contribution in [0, 0.1) is 13.8 Å². The molecule has 1 nitrogen and oxygen atoms in total. The fourth-order valence-electron chi connectivity index (χ4n) is 2.97. The van der Waals surface area contributed by atoms with E-state index in [0.29, 0.717) is 5.92 Å². The van der Waals surface area contributed by atoms with E-state index in [1.807, 2.05) is 0 Å². The molecule has 0 fully saturated rings. The molecule has 2 aromatic carbocycles. The number of benzene rings is 2. The number of aryl methyl sites for hydroxylation is 2. The standard InChI is InChI=1S/C20H22O/c1-13(2)17-7-5-16(6-8-17)12-19-15(4)11-14(3)18-9-10-21-20(18)19/h5-11,13H,12H2,1-4H3. The molecule has 3 aromatic rings. The lowest BCUT2D eigenvalue weighted by Gasteiger charge is -2.10. The van der Waals surface area contributed by atoms with Crippen molar-refractivity contribution in [3.63, 3.8) is 0 Å². The molecule has 3 rings (SSSR count). The first kappa shape index (κ1) is 13.9. The first-order valence-corrected chi connectivity index (χ1v) is 7.61. The lowest BCUT2D eigenvalue weighted by atomic mass is 9.94. The van der Waals surface area contributed by atoms with Crippen LogP contribution >= 0.6 is 0 Å². The predicted molar refractivity (Wildman–Crippen MR) is 89.0 cm³/mol. The fourth-order valence-corrected chi connectivity index (χ4v) is 2.97. The van der Waals surface area contributed by atoms with Crippen LogP contribution in [0.2, 0.25) is 0 Å². The summed E-state index contributed by atoms with van der Waals surface area (Å²) in [7, 11) is 0. The number of furan rings is 1. The van der Waals surface area contributed by atoms with Gasteiger partial charge >= 0.3 is 0 Å². The molecule has 21 heavy (non-hydrogen) atoms. The van der Waals surface area contributed by atoms with Crippen LogP contribution in [-0.4, -0.2) is 0 Å². The summed E-state index contributed by atoms with van der Waals surface area (Å²) >= 11 is 0. The van der Waals surface area contributed by atoms with Crippen LogP contribution in [0.5, 0.6) is 0 Å². The third kappa shape index (κ3) is 2.61. The Morgan fingerprint density at radius 1 is 0.952 bits per heavy atom. The largest absolute Gasteiger partial charge is 0.464 e. The molecule has 0 radical (unpaired) electrons. The van der Waals surface area contributed by atoms with Gasteiger partial charge in [0.2, 0.25) is 0 Å². The number of fused-ring (bicyclic) bond motifs is 1. The lowest BCUT2D eigenvalue weighted by molar-refractivity contribution is 0.611. The summed E-state index contributed by atoms with van der Waals surface area (Å²) in [4.78, 5) is 0. The quantitative estimate of drug-likeness (QED) is 0.593. The van der Waals surface area contributed by atoms with Gasteiger partial charge in [0, 0.05) is 17.4 Å². The molecule has 0 saturated heterocycles. The Labute approximate surface area is 126 Å². The van der Waals surface area contributed by atoms with Gasteiger partial charge in [0.15, 0.2) is 0 Å². The van der Waals surface area contributed by atoms with Crippen molar-refractivity contribution in [1.82, 2.24) is 0 Å². The Balaban J connectivity index is 2.00. The van der Waals surface area contributed by atoms with Crippen molar-refractivity contribution in [1.29, 1.82) is 0 Å². The van der Waals surface area contributed by atoms with Crippen molar-refractivity contribution in [3.8, 4) is 0 Å². The maximum absolute atomic E-state index is 5.74. The number of hydrogen-bond donors (Lipinski definition) is 0. The van der Waals surface area contributed by atoms with Gasteiger partial charge in [0.25, 0.3) is 0 Å². The van der Waals surface area contributed by atoms with Crippen LogP contribution in [0.15, 0.2) is 47.1 Å². The highest BCUT2D eigenvalue weighted by molar-refractivity contribution is 5.85. The van der Waals surface area contributed by atoms with Gasteiger partial charge in [-0.15, -0.1) is 0 Å². The summed E-state index contributed by atoms with van der Waals surface area (Å²) < 4.78 is 5.74. The van der Waals surface area contributed by atoms with E-state index in [9.17, 15) is 0 Å². The van der Waals surface area contributed by atoms with Crippen molar-refractivity contribution in [2.45, 2.75) is 40.0 Å². The topological polar surface area (TPSA) is 13.1 Å². The second-order valence-electron chi connectivity index (χ2n) is 6.23. The Bertz CT molecular complexity index is 760. The van der Waals surface area contributed by atoms with E-state index in [1.54, 1.807) is 6.26 Å². The Hall–Kier alpha value is -2.02. The molecule has 1 aromatic heterocycles. The highest BCUT2D eigenvalue weighted by Gasteiger charge is 2.11. The average molecular weight is 278 g/mol. The minimum atomic E-state index is 0.581. The molecule has 0 spiro atoms. The van der Waals surface area contributed by atoms with Crippen LogP contribution in [0.3, 0.4) is 0 Å². The molecule has 0 saturated carbocycles. The molecule has 0 aliphatic rings. The van der Waals surface area contributed by atoms with Gasteiger partial charge in [-0.3, -0.25) is 0 Å². The van der Waals surface area contributed by atoms with E-state index < -0.39 is 0 Å². The molecule has 0 aliphatic heterocycles. The van der Waals surface area contributed by atoms with Crippen molar-refractivity contribution >= 4 is 11.0 Å². The Kier molecular flexibility index (Phi) is 3.59. The maximum Gasteiger partial charge on any atom is 0.137 e. The number of rotatable bonds is 3. The van der Waals surface area contributed by atoms with E-state index in [1.165, 1.54) is 33.2 Å². The van der Waals surface area contributed by atoms with E-state index in [-0.39, 0.29) is 0 Å². The zero-order valence-corrected chi connectivity index (χ0v) is 13.2. The summed E-state index contributed by atoms with van der Waals surface area (Å²) in [6.45, 7) is 8.77. The van der Waals surface area contributed by atoms with E-state index in [2.05, 4.69) is 64.1 Å². The van der Waals surface area contributed by atoms with E-state index in [4.69, 9.17) is 4.42 Å². The molecular weight excluding hydrogens is 256 g/mol. The van der Waals surface area contributed by atoms with Crippen LogP contribution in [-0.2, 0) is 6.42 Å². The van der Waals surface area contributed by atoms with Gasteiger partial charge in [0.1, 0.15) is 5.58 Å². The van der Waals surface area contributed by atoms with Gasteiger partial charge in [0.05, 0.1) is 6.26 Å². The molecule has 0 bridgehead atoms. The average Bonchev–Trinajstić information content (AvgIpc) is 2.93. The van der Waals surface area contributed by atoms with Crippen LogP contribution in [0.25, 0.3) is 11.0 Å². The second-order valence-corrected chi connectivity index (χ2v) is 6.23. The SMILES string of the molecule is Cc1cc(C)c2ccoc2c1Cc1ccc(C(C)C)cc1. The Morgan fingerprint density at radius 2 is 1.67 bits per heavy atom. The summed E-state index contributed by atoms with van der Waals surface area (Å²) in [6.07, 6.45) is 2.72. The molecular formula is C20H22O. The van der Waals surface area contributed by atoms with Crippen molar-refractivity contribution in [3.05, 3.63) is 70.5 Å². The smallest absolute Gasteiger partial charge is 0.137 e. The van der Waals surface area contributed by atoms with Crippen LogP contribution < -0.4 is 0 Å². The molecule has 0 atom stereocenters. The van der Waals surface area contributed by atoms with Crippen LogP contribution in [0.4, 0.5) is 0 Å². The second kappa shape index (κ2) is 5.40. The van der Waals surface area contributed by atoms with E-state index >= 15 is 0 Å². The highest BCUT2D eigenvalue weighted by Crippen LogP contribution is 2.29. The summed E-state index contributed by atoms with van der Waals surface area (Å²) in [6, 6.07) is 13.3. The number of hydrogen-bond acceptors (Lipinski definition) is 1. The minimum absolute atomic E-state index is 0.581. The monoisotopic (exact) mass is 278 g/mol. The molecule has 108 valence electrons.